The number of anilines is 1. The lowest BCUT2D eigenvalue weighted by Crippen LogP contribution is -2.16. The fraction of sp³-hybridized carbons (Fsp3) is 0.227. The summed E-state index contributed by atoms with van der Waals surface area (Å²) >= 11 is 0. The van der Waals surface area contributed by atoms with Gasteiger partial charge in [0.25, 0.3) is 5.56 Å². The number of aromatic nitrogens is 1. The summed E-state index contributed by atoms with van der Waals surface area (Å²) in [7, 11) is 0. The van der Waals surface area contributed by atoms with E-state index in [2.05, 4.69) is 42.3 Å². The molecule has 0 aliphatic heterocycles. The first-order valence-electron chi connectivity index (χ1n) is 8.73. The molecule has 0 saturated carbocycles. The number of benzene rings is 2. The molecule has 0 saturated heterocycles. The monoisotopic (exact) mass is 332 g/mol. The quantitative estimate of drug-likeness (QED) is 0.677. The molecule has 2 aromatic carbocycles. The molecule has 0 aliphatic carbocycles. The molecule has 3 aromatic rings. The van der Waals surface area contributed by atoms with Crippen LogP contribution < -0.4 is 10.9 Å². The van der Waals surface area contributed by atoms with Crippen LogP contribution in [0.1, 0.15) is 25.1 Å². The van der Waals surface area contributed by atoms with Gasteiger partial charge in [-0.15, -0.1) is 0 Å². The molecule has 128 valence electrons. The van der Waals surface area contributed by atoms with Gasteiger partial charge in [-0.05, 0) is 29.5 Å². The molecule has 25 heavy (non-hydrogen) atoms. The molecule has 3 rings (SSSR count). The predicted molar refractivity (Wildman–Crippen MR) is 105 cm³/mol. The number of nitrogens with one attached hydrogen (secondary N) is 2. The topological polar surface area (TPSA) is 44.9 Å². The van der Waals surface area contributed by atoms with E-state index in [9.17, 15) is 4.79 Å². The lowest BCUT2D eigenvalue weighted by Gasteiger charge is -2.15. The molecule has 0 bridgehead atoms. The highest BCUT2D eigenvalue weighted by molar-refractivity contribution is 5.77. The zero-order valence-corrected chi connectivity index (χ0v) is 14.8. The molecular weight excluding hydrogens is 308 g/mol. The summed E-state index contributed by atoms with van der Waals surface area (Å²) in [4.78, 5) is 15.8. The zero-order valence-electron chi connectivity index (χ0n) is 14.8. The second-order valence-electron chi connectivity index (χ2n) is 6.72. The van der Waals surface area contributed by atoms with E-state index < -0.39 is 0 Å². The van der Waals surface area contributed by atoms with Gasteiger partial charge in [0, 0.05) is 17.9 Å². The molecule has 1 heterocycles. The van der Waals surface area contributed by atoms with Crippen LogP contribution in [0, 0.1) is 5.92 Å². The van der Waals surface area contributed by atoms with E-state index in [1.807, 2.05) is 48.5 Å². The van der Waals surface area contributed by atoms with Crippen molar-refractivity contribution >= 4 is 5.69 Å². The van der Waals surface area contributed by atoms with Gasteiger partial charge in [-0.3, -0.25) is 4.79 Å². The fourth-order valence-corrected chi connectivity index (χ4v) is 2.99. The molecule has 0 atom stereocenters. The Kier molecular flexibility index (Phi) is 5.34. The average molecular weight is 332 g/mol. The van der Waals surface area contributed by atoms with Gasteiger partial charge >= 0.3 is 0 Å². The minimum atomic E-state index is -0.0417. The maximum absolute atomic E-state index is 12.8. The first kappa shape index (κ1) is 17.0. The van der Waals surface area contributed by atoms with Crippen molar-refractivity contribution in [1.82, 2.24) is 4.98 Å². The Balaban J connectivity index is 1.99. The maximum atomic E-state index is 12.8. The number of hydrogen-bond acceptors (Lipinski definition) is 2. The van der Waals surface area contributed by atoms with Gasteiger partial charge in [0.2, 0.25) is 0 Å². The molecular formula is C22H24N2O. The van der Waals surface area contributed by atoms with Gasteiger partial charge in [-0.25, -0.2) is 0 Å². The van der Waals surface area contributed by atoms with E-state index in [0.29, 0.717) is 18.0 Å². The molecule has 3 heteroatoms. The zero-order chi connectivity index (χ0) is 17.6. The van der Waals surface area contributed by atoms with E-state index in [4.69, 9.17) is 0 Å². The summed E-state index contributed by atoms with van der Waals surface area (Å²) in [5.41, 5.74) is 4.62. The number of pyridine rings is 1. The van der Waals surface area contributed by atoms with E-state index in [0.717, 1.165) is 23.4 Å². The highest BCUT2D eigenvalue weighted by atomic mass is 16.1. The Morgan fingerprint density at radius 1 is 0.960 bits per heavy atom. The van der Waals surface area contributed by atoms with Crippen molar-refractivity contribution in [3.05, 3.63) is 88.3 Å². The SMILES string of the molecule is CC(C)Cc1cc(NCc2ccccc2)c(-c2ccccc2)c(=O)[nH]1. The predicted octanol–water partition coefficient (Wildman–Crippen LogP) is 4.85. The van der Waals surface area contributed by atoms with Crippen LogP contribution in [0.5, 0.6) is 0 Å². The summed E-state index contributed by atoms with van der Waals surface area (Å²) in [5, 5.41) is 3.46. The molecule has 0 unspecified atom stereocenters. The van der Waals surface area contributed by atoms with E-state index in [1.165, 1.54) is 5.56 Å². The van der Waals surface area contributed by atoms with Gasteiger partial charge in [-0.1, -0.05) is 74.5 Å². The second kappa shape index (κ2) is 7.84. The maximum Gasteiger partial charge on any atom is 0.258 e. The molecule has 3 nitrogen and oxygen atoms in total. The summed E-state index contributed by atoms with van der Waals surface area (Å²) in [6.07, 6.45) is 0.852. The summed E-state index contributed by atoms with van der Waals surface area (Å²) in [6, 6.07) is 22.1. The molecule has 0 radical (unpaired) electrons. The van der Waals surface area contributed by atoms with Gasteiger partial charge in [-0.2, -0.15) is 0 Å². The molecule has 0 aliphatic rings. The molecule has 1 aromatic heterocycles. The van der Waals surface area contributed by atoms with Crippen molar-refractivity contribution in [3.63, 3.8) is 0 Å². The third-order valence-corrected chi connectivity index (χ3v) is 4.11. The normalized spacial score (nSPS) is 10.8. The number of H-pyrrole nitrogens is 1. The Labute approximate surface area is 148 Å². The van der Waals surface area contributed by atoms with Crippen LogP contribution in [0.3, 0.4) is 0 Å². The lowest BCUT2D eigenvalue weighted by molar-refractivity contribution is 0.634. The largest absolute Gasteiger partial charge is 0.380 e. The first-order chi connectivity index (χ1) is 12.1. The average Bonchev–Trinajstić information content (AvgIpc) is 2.61. The van der Waals surface area contributed by atoms with Gasteiger partial charge in [0.1, 0.15) is 0 Å². The minimum absolute atomic E-state index is 0.0417. The van der Waals surface area contributed by atoms with Crippen molar-refractivity contribution in [2.45, 2.75) is 26.8 Å². The van der Waals surface area contributed by atoms with Crippen molar-refractivity contribution in [3.8, 4) is 11.1 Å². The van der Waals surface area contributed by atoms with Gasteiger partial charge < -0.3 is 10.3 Å². The fourth-order valence-electron chi connectivity index (χ4n) is 2.99. The Bertz CT molecular complexity index is 868. The summed E-state index contributed by atoms with van der Waals surface area (Å²) in [5.74, 6) is 0.486. The van der Waals surface area contributed by atoms with E-state index in [-0.39, 0.29) is 5.56 Å². The Hall–Kier alpha value is -2.81. The highest BCUT2D eigenvalue weighted by Gasteiger charge is 2.12. The van der Waals surface area contributed by atoms with Crippen molar-refractivity contribution in [1.29, 1.82) is 0 Å². The van der Waals surface area contributed by atoms with Crippen LogP contribution >= 0.6 is 0 Å². The third-order valence-electron chi connectivity index (χ3n) is 4.11. The number of rotatable bonds is 6. The first-order valence-corrected chi connectivity index (χ1v) is 8.73. The second-order valence-corrected chi connectivity index (χ2v) is 6.72. The van der Waals surface area contributed by atoms with Crippen molar-refractivity contribution in [2.75, 3.05) is 5.32 Å². The van der Waals surface area contributed by atoms with Crippen LogP contribution in [-0.2, 0) is 13.0 Å². The Morgan fingerprint density at radius 3 is 2.24 bits per heavy atom. The van der Waals surface area contributed by atoms with Crippen LogP contribution in [-0.4, -0.2) is 4.98 Å². The third kappa shape index (κ3) is 4.38. The highest BCUT2D eigenvalue weighted by Crippen LogP contribution is 2.25. The van der Waals surface area contributed by atoms with E-state index >= 15 is 0 Å². The number of hydrogen-bond donors (Lipinski definition) is 2. The molecule has 2 N–H and O–H groups in total. The summed E-state index contributed by atoms with van der Waals surface area (Å²) in [6.45, 7) is 4.99. The summed E-state index contributed by atoms with van der Waals surface area (Å²) < 4.78 is 0. The van der Waals surface area contributed by atoms with Crippen molar-refractivity contribution in [2.24, 2.45) is 5.92 Å². The smallest absolute Gasteiger partial charge is 0.258 e. The lowest BCUT2D eigenvalue weighted by atomic mass is 10.0. The van der Waals surface area contributed by atoms with Crippen LogP contribution in [0.4, 0.5) is 5.69 Å². The van der Waals surface area contributed by atoms with Gasteiger partial charge in [0.15, 0.2) is 0 Å². The molecule has 0 spiro atoms. The van der Waals surface area contributed by atoms with Crippen molar-refractivity contribution < 1.29 is 0 Å². The Morgan fingerprint density at radius 2 is 1.60 bits per heavy atom. The molecule has 0 amide bonds. The standard InChI is InChI=1S/C22H24N2O/c1-16(2)13-19-14-20(23-15-17-9-5-3-6-10-17)21(22(25)24-19)18-11-7-4-8-12-18/h3-12,14,16H,13,15H2,1-2H3,(H2,23,24,25). The van der Waals surface area contributed by atoms with Crippen LogP contribution in [0.15, 0.2) is 71.5 Å². The van der Waals surface area contributed by atoms with Gasteiger partial charge in [0.05, 0.1) is 5.56 Å². The van der Waals surface area contributed by atoms with Crippen LogP contribution in [0.25, 0.3) is 11.1 Å². The number of aromatic amines is 1. The van der Waals surface area contributed by atoms with Crippen LogP contribution in [0.2, 0.25) is 0 Å². The molecule has 0 fully saturated rings. The van der Waals surface area contributed by atoms with E-state index in [1.54, 1.807) is 0 Å². The minimum Gasteiger partial charge on any atom is -0.380 e.